The molecule has 0 fully saturated rings. The number of aromatic amines is 1. The minimum atomic E-state index is 0.000370. The molecule has 1 unspecified atom stereocenters. The van der Waals surface area contributed by atoms with Crippen molar-refractivity contribution >= 4 is 10.8 Å². The summed E-state index contributed by atoms with van der Waals surface area (Å²) < 4.78 is 0. The maximum absolute atomic E-state index is 4.27. The number of nitrogens with zero attached hydrogens (tertiary/aromatic N) is 3. The van der Waals surface area contributed by atoms with Gasteiger partial charge in [-0.1, -0.05) is 25.1 Å². The van der Waals surface area contributed by atoms with Gasteiger partial charge < -0.3 is 5.32 Å². The van der Waals surface area contributed by atoms with Crippen molar-refractivity contribution in [3.05, 3.63) is 54.4 Å². The van der Waals surface area contributed by atoms with Gasteiger partial charge in [-0.3, -0.25) is 10.1 Å². The van der Waals surface area contributed by atoms with Crippen LogP contribution < -0.4 is 5.32 Å². The Morgan fingerprint density at radius 3 is 3.05 bits per heavy atom. The lowest BCUT2D eigenvalue weighted by Gasteiger charge is -2.17. The highest BCUT2D eigenvalue weighted by molar-refractivity contribution is 5.85. The molecule has 3 rings (SSSR count). The van der Waals surface area contributed by atoms with E-state index >= 15 is 0 Å². The van der Waals surface area contributed by atoms with Gasteiger partial charge in [-0.15, -0.1) is 0 Å². The van der Waals surface area contributed by atoms with E-state index in [1.54, 1.807) is 0 Å². The molecule has 0 spiro atoms. The van der Waals surface area contributed by atoms with Gasteiger partial charge in [-0.2, -0.15) is 5.10 Å². The number of fused-ring (bicyclic) bond motifs is 1. The Morgan fingerprint density at radius 2 is 2.26 bits per heavy atom. The van der Waals surface area contributed by atoms with Gasteiger partial charge in [0.05, 0.1) is 6.04 Å². The third kappa shape index (κ3) is 2.20. The van der Waals surface area contributed by atoms with Gasteiger partial charge in [0.2, 0.25) is 0 Å². The monoisotopic (exact) mass is 253 g/mol. The number of benzene rings is 1. The first kappa shape index (κ1) is 11.8. The topological polar surface area (TPSA) is 66.5 Å². The Hall–Kier alpha value is -2.27. The van der Waals surface area contributed by atoms with E-state index in [0.29, 0.717) is 0 Å². The summed E-state index contributed by atoms with van der Waals surface area (Å²) in [6.45, 7) is 2.93. The van der Waals surface area contributed by atoms with Crippen LogP contribution in [0.15, 0.2) is 43.0 Å². The van der Waals surface area contributed by atoms with Gasteiger partial charge in [-0.25, -0.2) is 4.98 Å². The highest BCUT2D eigenvalue weighted by Crippen LogP contribution is 2.26. The molecule has 2 N–H and O–H groups in total. The number of pyridine rings is 1. The molecule has 0 aliphatic rings. The summed E-state index contributed by atoms with van der Waals surface area (Å²) in [5.74, 6) is 0.818. The molecule has 5 heteroatoms. The lowest BCUT2D eigenvalue weighted by atomic mass is 10.00. The van der Waals surface area contributed by atoms with Crippen molar-refractivity contribution in [3.63, 3.8) is 0 Å². The van der Waals surface area contributed by atoms with Crippen LogP contribution in [0, 0.1) is 0 Å². The highest BCUT2D eigenvalue weighted by Gasteiger charge is 2.18. The molecule has 0 saturated carbocycles. The van der Waals surface area contributed by atoms with Gasteiger partial charge in [-0.05, 0) is 23.6 Å². The maximum Gasteiger partial charge on any atom is 0.145 e. The highest BCUT2D eigenvalue weighted by atomic mass is 15.2. The van der Waals surface area contributed by atoms with Crippen LogP contribution in [0.4, 0.5) is 0 Å². The van der Waals surface area contributed by atoms with Gasteiger partial charge in [0.15, 0.2) is 0 Å². The maximum atomic E-state index is 4.27. The molecular weight excluding hydrogens is 238 g/mol. The number of hydrogen-bond acceptors (Lipinski definition) is 4. The first-order chi connectivity index (χ1) is 9.40. The van der Waals surface area contributed by atoms with Crippen molar-refractivity contribution in [2.75, 3.05) is 6.54 Å². The van der Waals surface area contributed by atoms with Crippen molar-refractivity contribution < 1.29 is 0 Å². The van der Waals surface area contributed by atoms with Crippen molar-refractivity contribution in [1.82, 2.24) is 25.5 Å². The van der Waals surface area contributed by atoms with E-state index < -0.39 is 0 Å². The van der Waals surface area contributed by atoms with Crippen LogP contribution in [-0.4, -0.2) is 26.7 Å². The number of rotatable bonds is 4. The van der Waals surface area contributed by atoms with E-state index in [4.69, 9.17) is 0 Å². The second-order valence-corrected chi connectivity index (χ2v) is 4.31. The number of nitrogens with one attached hydrogen (secondary N) is 2. The van der Waals surface area contributed by atoms with Gasteiger partial charge >= 0.3 is 0 Å². The van der Waals surface area contributed by atoms with Crippen molar-refractivity contribution in [2.24, 2.45) is 0 Å². The van der Waals surface area contributed by atoms with E-state index in [1.807, 2.05) is 18.5 Å². The fourth-order valence-corrected chi connectivity index (χ4v) is 2.30. The lowest BCUT2D eigenvalue weighted by Crippen LogP contribution is -2.23. The van der Waals surface area contributed by atoms with Gasteiger partial charge in [0, 0.05) is 17.8 Å². The van der Waals surface area contributed by atoms with Crippen LogP contribution in [0.2, 0.25) is 0 Å². The Kier molecular flexibility index (Phi) is 3.20. The van der Waals surface area contributed by atoms with E-state index in [0.717, 1.165) is 23.3 Å². The Bertz CT molecular complexity index is 657. The molecule has 0 radical (unpaired) electrons. The number of hydrogen-bond donors (Lipinski definition) is 2. The first-order valence-electron chi connectivity index (χ1n) is 6.31. The van der Waals surface area contributed by atoms with Crippen molar-refractivity contribution in [3.8, 4) is 0 Å². The van der Waals surface area contributed by atoms with Crippen molar-refractivity contribution in [1.29, 1.82) is 0 Å². The van der Waals surface area contributed by atoms with Crippen LogP contribution in [0.1, 0.15) is 24.4 Å². The van der Waals surface area contributed by atoms with Crippen LogP contribution in [-0.2, 0) is 0 Å². The Balaban J connectivity index is 2.15. The van der Waals surface area contributed by atoms with Crippen LogP contribution in [0.5, 0.6) is 0 Å². The minimum Gasteiger partial charge on any atom is -0.304 e. The van der Waals surface area contributed by atoms with Gasteiger partial charge in [0.25, 0.3) is 0 Å². The smallest absolute Gasteiger partial charge is 0.145 e. The van der Waals surface area contributed by atoms with E-state index in [9.17, 15) is 0 Å². The molecule has 5 nitrogen and oxygen atoms in total. The second-order valence-electron chi connectivity index (χ2n) is 4.31. The first-order valence-corrected chi connectivity index (χ1v) is 6.31. The lowest BCUT2D eigenvalue weighted by molar-refractivity contribution is 0.603. The molecule has 3 aromatic rings. The summed E-state index contributed by atoms with van der Waals surface area (Å²) in [5.41, 5.74) is 1.16. The molecule has 0 saturated heterocycles. The van der Waals surface area contributed by atoms with E-state index in [1.165, 1.54) is 11.7 Å². The second kappa shape index (κ2) is 5.16. The average Bonchev–Trinajstić information content (AvgIpc) is 2.98. The van der Waals surface area contributed by atoms with Crippen LogP contribution >= 0.6 is 0 Å². The van der Waals surface area contributed by atoms with Crippen molar-refractivity contribution in [2.45, 2.75) is 13.0 Å². The normalized spacial score (nSPS) is 12.7. The van der Waals surface area contributed by atoms with E-state index in [-0.39, 0.29) is 6.04 Å². The van der Waals surface area contributed by atoms with E-state index in [2.05, 4.69) is 50.6 Å². The Labute approximate surface area is 111 Å². The molecule has 1 aromatic carbocycles. The molecule has 0 bridgehead atoms. The molecule has 0 aliphatic heterocycles. The largest absolute Gasteiger partial charge is 0.304 e. The zero-order chi connectivity index (χ0) is 13.1. The summed E-state index contributed by atoms with van der Waals surface area (Å²) in [7, 11) is 0. The molecule has 96 valence electrons. The predicted molar refractivity (Wildman–Crippen MR) is 73.6 cm³/mol. The molecular formula is C14H15N5. The fourth-order valence-electron chi connectivity index (χ4n) is 2.30. The molecule has 2 heterocycles. The number of H-pyrrole nitrogens is 1. The zero-order valence-corrected chi connectivity index (χ0v) is 10.7. The third-order valence-corrected chi connectivity index (χ3v) is 3.14. The SMILES string of the molecule is CCNC(c1ncn[nH]1)c1cccc2ccncc12. The standard InChI is InChI=1S/C14H15N5/c1-2-16-13(14-17-9-18-19-14)11-5-3-4-10-6-7-15-8-12(10)11/h3-9,13,16H,2H2,1H3,(H,17,18,19). The quantitative estimate of drug-likeness (QED) is 0.747. The predicted octanol–water partition coefficient (Wildman–Crippen LogP) is 2.05. The molecule has 19 heavy (non-hydrogen) atoms. The third-order valence-electron chi connectivity index (χ3n) is 3.14. The number of aromatic nitrogens is 4. The summed E-state index contributed by atoms with van der Waals surface area (Å²) in [6, 6.07) is 8.25. The molecule has 0 amide bonds. The van der Waals surface area contributed by atoms with Crippen LogP contribution in [0.3, 0.4) is 0 Å². The summed E-state index contributed by atoms with van der Waals surface area (Å²) >= 11 is 0. The summed E-state index contributed by atoms with van der Waals surface area (Å²) in [6.07, 6.45) is 5.23. The summed E-state index contributed by atoms with van der Waals surface area (Å²) in [4.78, 5) is 8.49. The average molecular weight is 253 g/mol. The molecule has 2 aromatic heterocycles. The molecule has 0 aliphatic carbocycles. The fraction of sp³-hybridized carbons (Fsp3) is 0.214. The molecule has 1 atom stereocenters. The van der Waals surface area contributed by atoms with Gasteiger partial charge in [0.1, 0.15) is 12.2 Å². The Morgan fingerprint density at radius 1 is 1.32 bits per heavy atom. The summed E-state index contributed by atoms with van der Waals surface area (Å²) in [5, 5.41) is 12.6. The minimum absolute atomic E-state index is 0.000370. The zero-order valence-electron chi connectivity index (χ0n) is 10.7. The van der Waals surface area contributed by atoms with Crippen LogP contribution in [0.25, 0.3) is 10.8 Å².